The Kier molecular flexibility index (Phi) is 4.42. The summed E-state index contributed by atoms with van der Waals surface area (Å²) in [4.78, 5) is 17.4. The van der Waals surface area contributed by atoms with Crippen LogP contribution in [0.2, 0.25) is 5.02 Å². The Balaban J connectivity index is 2.66. The SMILES string of the molecule is CC(C)C(Cl)CNc1nc[nH]c(=O)c1Cl. The molecule has 0 aliphatic heterocycles. The fraction of sp³-hybridized carbons (Fsp3) is 0.556. The van der Waals surface area contributed by atoms with E-state index in [9.17, 15) is 4.79 Å². The summed E-state index contributed by atoms with van der Waals surface area (Å²) in [6, 6.07) is 0. The lowest BCUT2D eigenvalue weighted by molar-refractivity contribution is 0.615. The molecule has 0 aliphatic carbocycles. The van der Waals surface area contributed by atoms with E-state index in [0.717, 1.165) is 0 Å². The number of aromatic nitrogens is 2. The van der Waals surface area contributed by atoms with Crippen LogP contribution < -0.4 is 10.9 Å². The number of hydrogen-bond acceptors (Lipinski definition) is 3. The molecule has 0 aromatic carbocycles. The summed E-state index contributed by atoms with van der Waals surface area (Å²) in [5, 5.41) is 2.97. The molecule has 0 aliphatic rings. The highest BCUT2D eigenvalue weighted by Crippen LogP contribution is 2.14. The second kappa shape index (κ2) is 5.37. The quantitative estimate of drug-likeness (QED) is 0.804. The van der Waals surface area contributed by atoms with Crippen molar-refractivity contribution < 1.29 is 0 Å². The zero-order chi connectivity index (χ0) is 11.4. The standard InChI is InChI=1S/C9H13Cl2N3O/c1-5(2)6(10)3-12-8-7(11)9(15)14-4-13-8/h4-6H,3H2,1-2H3,(H2,12,13,14,15). The monoisotopic (exact) mass is 249 g/mol. The number of alkyl halides is 1. The van der Waals surface area contributed by atoms with E-state index in [0.29, 0.717) is 18.3 Å². The lowest BCUT2D eigenvalue weighted by atomic mass is 10.1. The first-order valence-electron chi connectivity index (χ1n) is 4.63. The fourth-order valence-corrected chi connectivity index (χ4v) is 1.18. The molecule has 0 amide bonds. The first-order valence-corrected chi connectivity index (χ1v) is 5.45. The number of halogens is 2. The molecular formula is C9H13Cl2N3O. The Bertz CT molecular complexity index is 378. The molecule has 15 heavy (non-hydrogen) atoms. The highest BCUT2D eigenvalue weighted by atomic mass is 35.5. The van der Waals surface area contributed by atoms with Gasteiger partial charge < -0.3 is 10.3 Å². The van der Waals surface area contributed by atoms with Crippen LogP contribution in [-0.2, 0) is 0 Å². The molecule has 2 N–H and O–H groups in total. The summed E-state index contributed by atoms with van der Waals surface area (Å²) in [5.74, 6) is 0.714. The lowest BCUT2D eigenvalue weighted by Crippen LogP contribution is -2.21. The minimum absolute atomic E-state index is 0.0258. The number of nitrogens with zero attached hydrogens (tertiary/aromatic N) is 1. The molecule has 1 atom stereocenters. The second-order valence-corrected chi connectivity index (χ2v) is 4.47. The first kappa shape index (κ1) is 12.3. The van der Waals surface area contributed by atoms with Gasteiger partial charge in [0.2, 0.25) is 0 Å². The van der Waals surface area contributed by atoms with E-state index in [1.54, 1.807) is 0 Å². The van der Waals surface area contributed by atoms with Gasteiger partial charge in [-0.25, -0.2) is 4.98 Å². The Morgan fingerprint density at radius 1 is 1.60 bits per heavy atom. The maximum absolute atomic E-state index is 11.1. The van der Waals surface area contributed by atoms with Gasteiger partial charge in [0.1, 0.15) is 5.02 Å². The third kappa shape index (κ3) is 3.39. The van der Waals surface area contributed by atoms with Crippen molar-refractivity contribution in [3.05, 3.63) is 21.7 Å². The van der Waals surface area contributed by atoms with Crippen LogP contribution in [0.15, 0.2) is 11.1 Å². The average molecular weight is 250 g/mol. The van der Waals surface area contributed by atoms with Crippen molar-refractivity contribution in [2.45, 2.75) is 19.2 Å². The normalized spacial score (nSPS) is 12.9. The molecule has 1 aromatic rings. The van der Waals surface area contributed by atoms with E-state index in [1.807, 2.05) is 13.8 Å². The molecule has 0 spiro atoms. The van der Waals surface area contributed by atoms with Gasteiger partial charge in [0.05, 0.1) is 11.7 Å². The zero-order valence-corrected chi connectivity index (χ0v) is 10.1. The Morgan fingerprint density at radius 2 is 2.27 bits per heavy atom. The summed E-state index contributed by atoms with van der Waals surface area (Å²) in [7, 11) is 0. The third-order valence-electron chi connectivity index (χ3n) is 1.98. The van der Waals surface area contributed by atoms with Gasteiger partial charge in [-0.1, -0.05) is 25.4 Å². The Hall–Kier alpha value is -0.740. The summed E-state index contributed by atoms with van der Waals surface area (Å²) >= 11 is 11.8. The van der Waals surface area contributed by atoms with Gasteiger partial charge in [-0.15, -0.1) is 11.6 Å². The van der Waals surface area contributed by atoms with Crippen LogP contribution in [0.5, 0.6) is 0 Å². The number of anilines is 1. The molecule has 0 bridgehead atoms. The average Bonchev–Trinajstić information content (AvgIpc) is 2.19. The molecule has 1 aromatic heterocycles. The van der Waals surface area contributed by atoms with E-state index >= 15 is 0 Å². The molecule has 0 radical (unpaired) electrons. The van der Waals surface area contributed by atoms with E-state index < -0.39 is 0 Å². The maximum Gasteiger partial charge on any atom is 0.271 e. The number of nitrogens with one attached hydrogen (secondary N) is 2. The number of hydrogen-bond donors (Lipinski definition) is 2. The smallest absolute Gasteiger partial charge is 0.271 e. The maximum atomic E-state index is 11.1. The summed E-state index contributed by atoms with van der Waals surface area (Å²) in [6.07, 6.45) is 1.30. The van der Waals surface area contributed by atoms with Gasteiger partial charge in [0.25, 0.3) is 5.56 Å². The van der Waals surface area contributed by atoms with Crippen molar-refractivity contribution in [1.29, 1.82) is 0 Å². The van der Waals surface area contributed by atoms with Gasteiger partial charge in [-0.05, 0) is 5.92 Å². The van der Waals surface area contributed by atoms with Crippen molar-refractivity contribution in [1.82, 2.24) is 9.97 Å². The summed E-state index contributed by atoms with van der Waals surface area (Å²) in [6.45, 7) is 4.56. The molecule has 6 heteroatoms. The predicted molar refractivity (Wildman–Crippen MR) is 62.8 cm³/mol. The molecule has 84 valence electrons. The fourth-order valence-electron chi connectivity index (χ4n) is 0.936. The van der Waals surface area contributed by atoms with E-state index in [-0.39, 0.29) is 16.0 Å². The molecule has 1 unspecified atom stereocenters. The van der Waals surface area contributed by atoms with Gasteiger partial charge in [0.15, 0.2) is 5.82 Å². The molecule has 0 fully saturated rings. The topological polar surface area (TPSA) is 57.8 Å². The molecule has 1 rings (SSSR count). The van der Waals surface area contributed by atoms with Crippen molar-refractivity contribution in [2.75, 3.05) is 11.9 Å². The van der Waals surface area contributed by atoms with Crippen LogP contribution in [0.25, 0.3) is 0 Å². The van der Waals surface area contributed by atoms with Gasteiger partial charge in [0, 0.05) is 6.54 Å². The van der Waals surface area contributed by atoms with Crippen LogP contribution >= 0.6 is 23.2 Å². The van der Waals surface area contributed by atoms with Crippen LogP contribution in [0, 0.1) is 5.92 Å². The third-order valence-corrected chi connectivity index (χ3v) is 2.99. The van der Waals surface area contributed by atoms with Crippen molar-refractivity contribution >= 4 is 29.0 Å². The number of aromatic amines is 1. The molecular weight excluding hydrogens is 237 g/mol. The highest BCUT2D eigenvalue weighted by Gasteiger charge is 2.11. The van der Waals surface area contributed by atoms with Crippen molar-refractivity contribution in [3.63, 3.8) is 0 Å². The van der Waals surface area contributed by atoms with E-state index in [1.165, 1.54) is 6.33 Å². The van der Waals surface area contributed by atoms with Crippen molar-refractivity contribution in [3.8, 4) is 0 Å². The largest absolute Gasteiger partial charge is 0.367 e. The van der Waals surface area contributed by atoms with Crippen LogP contribution in [-0.4, -0.2) is 21.9 Å². The van der Waals surface area contributed by atoms with Crippen LogP contribution in [0.4, 0.5) is 5.82 Å². The zero-order valence-electron chi connectivity index (χ0n) is 8.55. The molecule has 0 saturated heterocycles. The van der Waals surface area contributed by atoms with Crippen LogP contribution in [0.3, 0.4) is 0 Å². The Morgan fingerprint density at radius 3 is 2.87 bits per heavy atom. The van der Waals surface area contributed by atoms with E-state index in [2.05, 4.69) is 15.3 Å². The molecule has 4 nitrogen and oxygen atoms in total. The second-order valence-electron chi connectivity index (χ2n) is 3.54. The van der Waals surface area contributed by atoms with Crippen LogP contribution in [0.1, 0.15) is 13.8 Å². The highest BCUT2D eigenvalue weighted by molar-refractivity contribution is 6.32. The number of rotatable bonds is 4. The van der Waals surface area contributed by atoms with Crippen molar-refractivity contribution in [2.24, 2.45) is 5.92 Å². The molecule has 0 saturated carbocycles. The number of H-pyrrole nitrogens is 1. The van der Waals surface area contributed by atoms with Gasteiger partial charge in [-0.2, -0.15) is 0 Å². The van der Waals surface area contributed by atoms with Gasteiger partial charge >= 0.3 is 0 Å². The minimum atomic E-state index is -0.357. The minimum Gasteiger partial charge on any atom is -0.367 e. The predicted octanol–water partition coefficient (Wildman–Crippen LogP) is 2.10. The Labute approximate surface area is 98.0 Å². The lowest BCUT2D eigenvalue weighted by Gasteiger charge is -2.14. The van der Waals surface area contributed by atoms with Gasteiger partial charge in [-0.3, -0.25) is 4.79 Å². The molecule has 1 heterocycles. The summed E-state index contributed by atoms with van der Waals surface area (Å²) in [5.41, 5.74) is -0.357. The summed E-state index contributed by atoms with van der Waals surface area (Å²) < 4.78 is 0. The van der Waals surface area contributed by atoms with E-state index in [4.69, 9.17) is 23.2 Å². The first-order chi connectivity index (χ1) is 7.02.